The maximum atomic E-state index is 12.3. The van der Waals surface area contributed by atoms with E-state index in [0.29, 0.717) is 26.6 Å². The van der Waals surface area contributed by atoms with Crippen LogP contribution in [0.25, 0.3) is 5.65 Å². The van der Waals surface area contributed by atoms with Crippen LogP contribution in [0, 0.1) is 13.8 Å². The van der Waals surface area contributed by atoms with Crippen LogP contribution in [0.15, 0.2) is 57.8 Å². The maximum Gasteiger partial charge on any atom is 0.325 e. The molecule has 0 aliphatic carbocycles. The number of aromatic nitrogens is 4. The second kappa shape index (κ2) is 8.64. The average molecular weight is 439 g/mol. The monoisotopic (exact) mass is 438 g/mol. The number of aryl methyl sites for hydroxylation is 2. The summed E-state index contributed by atoms with van der Waals surface area (Å²) in [5.41, 5.74) is 3.92. The third-order valence-electron chi connectivity index (χ3n) is 4.24. The first-order valence-electron chi connectivity index (χ1n) is 9.07. The van der Waals surface area contributed by atoms with E-state index in [2.05, 4.69) is 25.8 Å². The van der Waals surface area contributed by atoms with Crippen molar-refractivity contribution in [1.82, 2.24) is 19.6 Å². The molecule has 4 rings (SSSR count). The van der Waals surface area contributed by atoms with Crippen LogP contribution in [0.5, 0.6) is 0 Å². The highest BCUT2D eigenvalue weighted by Gasteiger charge is 2.11. The number of carbonyl (C=O) groups excluding carboxylic acids is 1. The second-order valence-corrected chi connectivity index (χ2v) is 8.77. The fraction of sp³-hybridized carbons (Fsp3) is 0.150. The lowest BCUT2D eigenvalue weighted by Gasteiger charge is -2.09. The van der Waals surface area contributed by atoms with Crippen molar-refractivity contribution in [2.75, 3.05) is 10.6 Å². The van der Waals surface area contributed by atoms with Crippen LogP contribution in [-0.4, -0.2) is 25.6 Å². The fourth-order valence-corrected chi connectivity index (χ4v) is 4.39. The molecule has 0 spiro atoms. The smallest absolute Gasteiger partial charge is 0.307 e. The topological polar surface area (TPSA) is 101 Å². The summed E-state index contributed by atoms with van der Waals surface area (Å²) in [6.07, 6.45) is 1.69. The molecule has 0 bridgehead atoms. The largest absolute Gasteiger partial charge is 0.325 e. The van der Waals surface area contributed by atoms with E-state index >= 15 is 0 Å². The van der Waals surface area contributed by atoms with Gasteiger partial charge in [-0.1, -0.05) is 41.3 Å². The summed E-state index contributed by atoms with van der Waals surface area (Å²) in [6, 6.07) is 12.4. The number of nitrogens with one attached hydrogen (secondary N) is 2. The molecule has 0 atom stereocenters. The zero-order valence-corrected chi connectivity index (χ0v) is 17.9. The molecular formula is C20H18N6O2S2. The number of carbonyl (C=O) groups is 1. The maximum absolute atomic E-state index is 12.3. The van der Waals surface area contributed by atoms with E-state index in [-0.39, 0.29) is 11.6 Å². The molecule has 0 saturated carbocycles. The van der Waals surface area contributed by atoms with Gasteiger partial charge in [-0.3, -0.25) is 14.5 Å². The summed E-state index contributed by atoms with van der Waals surface area (Å²) in [7, 11) is 0. The third kappa shape index (κ3) is 4.66. The SMILES string of the molecule is Cc1ccc(C)c(NC(=O)Nc2nnc(SCc3cc(=O)n4ccccc4n3)s2)c1. The summed E-state index contributed by atoms with van der Waals surface area (Å²) in [5.74, 6) is 0.476. The highest BCUT2D eigenvalue weighted by atomic mass is 32.2. The van der Waals surface area contributed by atoms with Gasteiger partial charge >= 0.3 is 6.03 Å². The first-order chi connectivity index (χ1) is 14.5. The lowest BCUT2D eigenvalue weighted by molar-refractivity contribution is 0.262. The molecule has 3 aromatic heterocycles. The number of thioether (sulfide) groups is 1. The number of amides is 2. The van der Waals surface area contributed by atoms with Crippen molar-refractivity contribution >= 4 is 45.6 Å². The zero-order chi connectivity index (χ0) is 21.1. The Morgan fingerprint density at radius 2 is 2.00 bits per heavy atom. The van der Waals surface area contributed by atoms with Gasteiger partial charge in [0.25, 0.3) is 5.56 Å². The molecule has 0 aliphatic heterocycles. The van der Waals surface area contributed by atoms with E-state index in [1.54, 1.807) is 18.3 Å². The average Bonchev–Trinajstić information content (AvgIpc) is 3.16. The summed E-state index contributed by atoms with van der Waals surface area (Å²) in [5, 5.41) is 14.0. The Balaban J connectivity index is 1.38. The van der Waals surface area contributed by atoms with Crippen molar-refractivity contribution < 1.29 is 4.79 Å². The van der Waals surface area contributed by atoms with Crippen LogP contribution in [0.2, 0.25) is 0 Å². The lowest BCUT2D eigenvalue weighted by atomic mass is 10.1. The van der Waals surface area contributed by atoms with Crippen LogP contribution in [0.4, 0.5) is 15.6 Å². The third-order valence-corrected chi connectivity index (χ3v) is 6.24. The van der Waals surface area contributed by atoms with Crippen molar-refractivity contribution in [3.63, 3.8) is 0 Å². The fourth-order valence-electron chi connectivity index (χ4n) is 2.75. The van der Waals surface area contributed by atoms with Gasteiger partial charge in [-0.25, -0.2) is 9.78 Å². The summed E-state index contributed by atoms with van der Waals surface area (Å²) < 4.78 is 2.17. The van der Waals surface area contributed by atoms with Crippen molar-refractivity contribution in [2.45, 2.75) is 23.9 Å². The van der Waals surface area contributed by atoms with E-state index in [9.17, 15) is 9.59 Å². The van der Waals surface area contributed by atoms with Gasteiger partial charge in [0.15, 0.2) is 4.34 Å². The molecule has 152 valence electrons. The van der Waals surface area contributed by atoms with Gasteiger partial charge in [0, 0.05) is 23.7 Å². The number of rotatable bonds is 5. The van der Waals surface area contributed by atoms with E-state index in [1.165, 1.54) is 33.6 Å². The molecule has 3 heterocycles. The number of benzene rings is 1. The van der Waals surface area contributed by atoms with Gasteiger partial charge in [0.2, 0.25) is 5.13 Å². The van der Waals surface area contributed by atoms with E-state index in [4.69, 9.17) is 0 Å². The van der Waals surface area contributed by atoms with Crippen LogP contribution in [0.1, 0.15) is 16.8 Å². The molecule has 0 unspecified atom stereocenters. The number of anilines is 2. The molecule has 0 fully saturated rings. The summed E-state index contributed by atoms with van der Waals surface area (Å²) in [4.78, 5) is 28.9. The predicted octanol–water partition coefficient (Wildman–Crippen LogP) is 4.10. The minimum absolute atomic E-state index is 0.126. The molecule has 2 N–H and O–H groups in total. The Hall–Kier alpha value is -3.24. The van der Waals surface area contributed by atoms with E-state index in [0.717, 1.165) is 16.8 Å². The second-order valence-electron chi connectivity index (χ2n) is 6.57. The summed E-state index contributed by atoms with van der Waals surface area (Å²) >= 11 is 2.67. The number of nitrogens with zero attached hydrogens (tertiary/aromatic N) is 4. The van der Waals surface area contributed by atoms with E-state index < -0.39 is 0 Å². The Kier molecular flexibility index (Phi) is 5.77. The highest BCUT2D eigenvalue weighted by molar-refractivity contribution is 8.00. The molecule has 0 radical (unpaired) electrons. The first-order valence-corrected chi connectivity index (χ1v) is 10.9. The van der Waals surface area contributed by atoms with Crippen LogP contribution >= 0.6 is 23.1 Å². The van der Waals surface area contributed by atoms with Crippen molar-refractivity contribution in [2.24, 2.45) is 0 Å². The molecule has 30 heavy (non-hydrogen) atoms. The van der Waals surface area contributed by atoms with Crippen molar-refractivity contribution in [3.8, 4) is 0 Å². The Bertz CT molecular complexity index is 1280. The number of hydrogen-bond donors (Lipinski definition) is 2. The highest BCUT2D eigenvalue weighted by Crippen LogP contribution is 2.28. The minimum Gasteiger partial charge on any atom is -0.307 e. The molecule has 4 aromatic rings. The standard InChI is InChI=1S/C20H18N6O2S2/c1-12-6-7-13(2)15(9-12)22-18(28)23-19-24-25-20(30-19)29-11-14-10-17(27)26-8-4-3-5-16(26)21-14/h3-10H,11H2,1-2H3,(H2,22,23,24,28). The molecule has 0 saturated heterocycles. The lowest BCUT2D eigenvalue weighted by Crippen LogP contribution is -2.19. The van der Waals surface area contributed by atoms with E-state index in [1.807, 2.05) is 38.1 Å². The van der Waals surface area contributed by atoms with Gasteiger partial charge in [-0.15, -0.1) is 10.2 Å². The van der Waals surface area contributed by atoms with Gasteiger partial charge in [-0.05, 0) is 43.2 Å². The molecule has 2 amide bonds. The number of pyridine rings is 1. The predicted molar refractivity (Wildman–Crippen MR) is 119 cm³/mol. The normalized spacial score (nSPS) is 10.9. The van der Waals surface area contributed by atoms with Crippen LogP contribution < -0.4 is 16.2 Å². The van der Waals surface area contributed by atoms with Crippen LogP contribution in [0.3, 0.4) is 0 Å². The molecule has 0 aliphatic rings. The first kappa shape index (κ1) is 20.0. The van der Waals surface area contributed by atoms with Crippen molar-refractivity contribution in [1.29, 1.82) is 0 Å². The number of urea groups is 1. The zero-order valence-electron chi connectivity index (χ0n) is 16.2. The van der Waals surface area contributed by atoms with Gasteiger partial charge in [0.1, 0.15) is 5.65 Å². The van der Waals surface area contributed by atoms with Gasteiger partial charge < -0.3 is 5.32 Å². The molecule has 8 nitrogen and oxygen atoms in total. The molecule has 10 heteroatoms. The van der Waals surface area contributed by atoms with Crippen molar-refractivity contribution in [3.05, 3.63) is 75.8 Å². The number of hydrogen-bond acceptors (Lipinski definition) is 7. The minimum atomic E-state index is -0.374. The Morgan fingerprint density at radius 3 is 2.87 bits per heavy atom. The Morgan fingerprint density at radius 1 is 1.13 bits per heavy atom. The van der Waals surface area contributed by atoms with Gasteiger partial charge in [0.05, 0.1) is 5.69 Å². The Labute approximate surface area is 180 Å². The van der Waals surface area contributed by atoms with Crippen LogP contribution in [-0.2, 0) is 5.75 Å². The quantitative estimate of drug-likeness (QED) is 0.359. The summed E-state index contributed by atoms with van der Waals surface area (Å²) in [6.45, 7) is 3.90. The molecular weight excluding hydrogens is 420 g/mol. The molecule has 1 aromatic carbocycles. The van der Waals surface area contributed by atoms with Gasteiger partial charge in [-0.2, -0.15) is 0 Å². The number of fused-ring (bicyclic) bond motifs is 1.